The highest BCUT2D eigenvalue weighted by atomic mass is 35.5. The molecular formula is C35H36Cl2N2O2. The van der Waals surface area contributed by atoms with Gasteiger partial charge in [0.15, 0.2) is 0 Å². The topological polar surface area (TPSA) is 58.2 Å². The van der Waals surface area contributed by atoms with Crippen molar-refractivity contribution < 1.29 is 9.59 Å². The number of aryl methyl sites for hydroxylation is 2. The predicted molar refractivity (Wildman–Crippen MR) is 172 cm³/mol. The number of hydrogen-bond donors (Lipinski definition) is 2. The van der Waals surface area contributed by atoms with E-state index in [1.165, 1.54) is 0 Å². The molecule has 0 aromatic heterocycles. The van der Waals surface area contributed by atoms with Gasteiger partial charge in [0.2, 0.25) is 0 Å². The quantitative estimate of drug-likeness (QED) is 0.194. The van der Waals surface area contributed by atoms with E-state index in [9.17, 15) is 9.59 Å². The van der Waals surface area contributed by atoms with Gasteiger partial charge in [0, 0.05) is 16.5 Å². The number of halogens is 2. The number of carbonyl (C=O) groups excluding carboxylic acids is 2. The molecule has 0 aliphatic carbocycles. The van der Waals surface area contributed by atoms with Crippen LogP contribution in [0.4, 0.5) is 11.4 Å². The SMILES string of the molecule is CCCc1cc(C(C)(C)c2cc(Cl)c(NC(=O)c3ccccc3)c(CCC)c2)cc(Cl)c1NC(=O)c1ccccc1. The standard InChI is InChI=1S/C35H36Cl2N2O2/c1-5-13-25-19-27(21-29(36)31(25)38-33(40)23-15-9-7-10-16-23)35(3,4)28-20-26(14-6-2)32(30(37)22-28)39-34(41)24-17-11-8-12-18-24/h7-12,15-22H,5-6,13-14H2,1-4H3,(H,38,40)(H,39,41). The van der Waals surface area contributed by atoms with Crippen molar-refractivity contribution in [3.63, 3.8) is 0 Å². The van der Waals surface area contributed by atoms with Crippen molar-refractivity contribution in [1.82, 2.24) is 0 Å². The van der Waals surface area contributed by atoms with Gasteiger partial charge in [0.1, 0.15) is 0 Å². The first kappa shape index (κ1) is 30.4. The van der Waals surface area contributed by atoms with E-state index in [4.69, 9.17) is 23.2 Å². The Balaban J connectivity index is 1.71. The third kappa shape index (κ3) is 7.01. The number of benzene rings is 4. The van der Waals surface area contributed by atoms with E-state index in [1.807, 2.05) is 48.5 Å². The molecule has 0 aliphatic rings. The Hall–Kier alpha value is -3.60. The molecule has 212 valence electrons. The van der Waals surface area contributed by atoms with Crippen LogP contribution in [0.25, 0.3) is 0 Å². The maximum absolute atomic E-state index is 12.9. The van der Waals surface area contributed by atoms with Gasteiger partial charge in [-0.05, 0) is 71.5 Å². The van der Waals surface area contributed by atoms with Crippen molar-refractivity contribution in [2.45, 2.75) is 58.8 Å². The lowest BCUT2D eigenvalue weighted by atomic mass is 9.76. The Morgan fingerprint density at radius 2 is 1.00 bits per heavy atom. The maximum Gasteiger partial charge on any atom is 0.255 e. The Kier molecular flexibility index (Phi) is 9.90. The summed E-state index contributed by atoms with van der Waals surface area (Å²) in [6.45, 7) is 8.49. The van der Waals surface area contributed by atoms with Crippen molar-refractivity contribution >= 4 is 46.4 Å². The van der Waals surface area contributed by atoms with Gasteiger partial charge in [-0.3, -0.25) is 9.59 Å². The van der Waals surface area contributed by atoms with Crippen LogP contribution in [0.5, 0.6) is 0 Å². The highest BCUT2D eigenvalue weighted by molar-refractivity contribution is 6.34. The van der Waals surface area contributed by atoms with Gasteiger partial charge in [-0.1, -0.05) is 112 Å². The zero-order valence-corrected chi connectivity index (χ0v) is 25.5. The first-order valence-corrected chi connectivity index (χ1v) is 14.8. The first-order valence-electron chi connectivity index (χ1n) is 14.0. The molecule has 0 saturated carbocycles. The maximum atomic E-state index is 12.9. The summed E-state index contributed by atoms with van der Waals surface area (Å²) < 4.78 is 0. The van der Waals surface area contributed by atoms with Gasteiger partial charge in [-0.15, -0.1) is 0 Å². The monoisotopic (exact) mass is 586 g/mol. The molecule has 2 N–H and O–H groups in total. The molecule has 6 heteroatoms. The van der Waals surface area contributed by atoms with Gasteiger partial charge < -0.3 is 10.6 Å². The third-order valence-electron chi connectivity index (χ3n) is 7.37. The second kappa shape index (κ2) is 13.4. The van der Waals surface area contributed by atoms with Crippen LogP contribution in [0.2, 0.25) is 10.0 Å². The molecule has 41 heavy (non-hydrogen) atoms. The minimum Gasteiger partial charge on any atom is -0.320 e. The number of hydrogen-bond acceptors (Lipinski definition) is 2. The van der Waals surface area contributed by atoms with Gasteiger partial charge >= 0.3 is 0 Å². The first-order chi connectivity index (χ1) is 19.6. The molecule has 0 atom stereocenters. The number of anilines is 2. The van der Waals surface area contributed by atoms with E-state index in [1.54, 1.807) is 24.3 Å². The highest BCUT2D eigenvalue weighted by Gasteiger charge is 2.28. The van der Waals surface area contributed by atoms with Crippen LogP contribution in [0.1, 0.15) is 83.5 Å². The number of nitrogens with one attached hydrogen (secondary N) is 2. The van der Waals surface area contributed by atoms with Gasteiger partial charge in [-0.2, -0.15) is 0 Å². The molecule has 0 spiro atoms. The van der Waals surface area contributed by atoms with E-state index in [0.717, 1.165) is 47.9 Å². The molecule has 4 nitrogen and oxygen atoms in total. The third-order valence-corrected chi connectivity index (χ3v) is 7.97. The number of rotatable bonds is 10. The van der Waals surface area contributed by atoms with Crippen LogP contribution >= 0.6 is 23.2 Å². The molecule has 2 amide bonds. The van der Waals surface area contributed by atoms with Crippen LogP contribution in [0, 0.1) is 0 Å². The van der Waals surface area contributed by atoms with E-state index in [-0.39, 0.29) is 11.8 Å². The molecule has 0 unspecified atom stereocenters. The minimum absolute atomic E-state index is 0.194. The summed E-state index contributed by atoms with van der Waals surface area (Å²) in [5, 5.41) is 7.07. The molecule has 0 heterocycles. The molecular weight excluding hydrogens is 551 g/mol. The fourth-order valence-electron chi connectivity index (χ4n) is 4.98. The van der Waals surface area contributed by atoms with Gasteiger partial charge in [0.05, 0.1) is 21.4 Å². The van der Waals surface area contributed by atoms with Crippen molar-refractivity contribution in [2.24, 2.45) is 0 Å². The molecule has 0 bridgehead atoms. The summed E-state index contributed by atoms with van der Waals surface area (Å²) in [5.74, 6) is -0.387. The van der Waals surface area contributed by atoms with Crippen molar-refractivity contribution in [3.05, 3.63) is 128 Å². The second-order valence-electron chi connectivity index (χ2n) is 10.7. The Bertz CT molecular complexity index is 1420. The molecule has 4 rings (SSSR count). The Morgan fingerprint density at radius 3 is 1.34 bits per heavy atom. The van der Waals surface area contributed by atoms with E-state index in [0.29, 0.717) is 32.5 Å². The fourth-order valence-corrected chi connectivity index (χ4v) is 5.55. The van der Waals surface area contributed by atoms with E-state index < -0.39 is 5.41 Å². The molecule has 4 aromatic carbocycles. The van der Waals surface area contributed by atoms with Crippen molar-refractivity contribution in [2.75, 3.05) is 10.6 Å². The molecule has 0 saturated heterocycles. The Labute approximate surface area is 253 Å². The van der Waals surface area contributed by atoms with Crippen molar-refractivity contribution in [1.29, 1.82) is 0 Å². The van der Waals surface area contributed by atoms with Gasteiger partial charge in [-0.25, -0.2) is 0 Å². The largest absolute Gasteiger partial charge is 0.320 e. The lowest BCUT2D eigenvalue weighted by molar-refractivity contribution is 0.101. The summed E-state index contributed by atoms with van der Waals surface area (Å²) in [6, 6.07) is 26.4. The smallest absolute Gasteiger partial charge is 0.255 e. The summed E-state index contributed by atoms with van der Waals surface area (Å²) in [4.78, 5) is 25.9. The zero-order valence-electron chi connectivity index (χ0n) is 24.0. The zero-order chi connectivity index (χ0) is 29.6. The highest BCUT2D eigenvalue weighted by Crippen LogP contribution is 2.41. The molecule has 4 aromatic rings. The summed E-state index contributed by atoms with van der Waals surface area (Å²) in [7, 11) is 0. The fraction of sp³-hybridized carbons (Fsp3) is 0.257. The molecule has 0 fully saturated rings. The van der Waals surface area contributed by atoms with Crippen LogP contribution in [0.3, 0.4) is 0 Å². The van der Waals surface area contributed by atoms with Crippen LogP contribution in [-0.2, 0) is 18.3 Å². The van der Waals surface area contributed by atoms with Gasteiger partial charge in [0.25, 0.3) is 11.8 Å². The van der Waals surface area contributed by atoms with Crippen LogP contribution < -0.4 is 10.6 Å². The second-order valence-corrected chi connectivity index (χ2v) is 11.6. The van der Waals surface area contributed by atoms with Crippen molar-refractivity contribution in [3.8, 4) is 0 Å². The van der Waals surface area contributed by atoms with Crippen LogP contribution in [-0.4, -0.2) is 11.8 Å². The lowest BCUT2D eigenvalue weighted by Crippen LogP contribution is -2.22. The average molecular weight is 588 g/mol. The van der Waals surface area contributed by atoms with E-state index in [2.05, 4.69) is 50.5 Å². The Morgan fingerprint density at radius 1 is 0.634 bits per heavy atom. The lowest BCUT2D eigenvalue weighted by Gasteiger charge is -2.29. The normalized spacial score (nSPS) is 11.3. The number of amides is 2. The number of carbonyl (C=O) groups is 2. The summed E-state index contributed by atoms with van der Waals surface area (Å²) in [6.07, 6.45) is 3.33. The molecule has 0 aliphatic heterocycles. The van der Waals surface area contributed by atoms with E-state index >= 15 is 0 Å². The minimum atomic E-state index is -0.456. The van der Waals surface area contributed by atoms with Crippen LogP contribution in [0.15, 0.2) is 84.9 Å². The molecule has 0 radical (unpaired) electrons. The summed E-state index contributed by atoms with van der Waals surface area (Å²) in [5.41, 5.74) is 5.99. The predicted octanol–water partition coefficient (Wildman–Crippen LogP) is 9.73. The summed E-state index contributed by atoms with van der Waals surface area (Å²) >= 11 is 13.7. The average Bonchev–Trinajstić information content (AvgIpc) is 2.97.